The maximum absolute atomic E-state index is 5.84. The number of aliphatic imine (C=N–C) groups is 1. The van der Waals surface area contributed by atoms with Gasteiger partial charge in [-0.15, -0.1) is 0 Å². The molecule has 1 aromatic heterocycles. The van der Waals surface area contributed by atoms with E-state index in [9.17, 15) is 0 Å². The molecule has 5 nitrogen and oxygen atoms in total. The molecule has 0 unspecified atom stereocenters. The summed E-state index contributed by atoms with van der Waals surface area (Å²) in [5, 5.41) is 3.13. The molecule has 1 saturated carbocycles. The molecule has 1 aliphatic carbocycles. The van der Waals surface area contributed by atoms with E-state index in [0.717, 1.165) is 18.4 Å². The Morgan fingerprint density at radius 3 is 2.67 bits per heavy atom. The van der Waals surface area contributed by atoms with Crippen LogP contribution < -0.4 is 15.8 Å². The standard InChI is InChI=1S/C16H26N4O/c1-16(2,3)20-15(17)19-11-12-8-9-14(18-10-12)21-13-6-4-5-7-13/h8-10,13H,4-7,11H2,1-3H3,(H3,17,19,20). The van der Waals surface area contributed by atoms with Gasteiger partial charge in [0.15, 0.2) is 5.96 Å². The Morgan fingerprint density at radius 1 is 1.38 bits per heavy atom. The molecule has 0 bridgehead atoms. The number of ether oxygens (including phenoxy) is 1. The Morgan fingerprint density at radius 2 is 2.10 bits per heavy atom. The summed E-state index contributed by atoms with van der Waals surface area (Å²) in [6.45, 7) is 6.66. The molecule has 0 saturated heterocycles. The molecule has 0 aliphatic heterocycles. The topological polar surface area (TPSA) is 72.5 Å². The number of nitrogens with one attached hydrogen (secondary N) is 1. The van der Waals surface area contributed by atoms with Crippen LogP contribution in [0, 0.1) is 0 Å². The molecule has 0 spiro atoms. The second-order valence-corrected chi connectivity index (χ2v) is 6.61. The van der Waals surface area contributed by atoms with Crippen LogP contribution in [0.2, 0.25) is 0 Å². The molecule has 0 amide bonds. The molecule has 0 radical (unpaired) electrons. The third-order valence-electron chi connectivity index (χ3n) is 3.32. The van der Waals surface area contributed by atoms with Crippen LogP contribution in [0.25, 0.3) is 0 Å². The fourth-order valence-corrected chi connectivity index (χ4v) is 2.35. The molecule has 3 N–H and O–H groups in total. The minimum Gasteiger partial charge on any atom is -0.474 e. The lowest BCUT2D eigenvalue weighted by Crippen LogP contribution is -2.44. The second-order valence-electron chi connectivity index (χ2n) is 6.61. The van der Waals surface area contributed by atoms with Crippen LogP contribution in [-0.4, -0.2) is 22.6 Å². The number of nitrogens with two attached hydrogens (primary N) is 1. The number of nitrogens with zero attached hydrogens (tertiary/aromatic N) is 2. The lowest BCUT2D eigenvalue weighted by molar-refractivity contribution is 0.201. The third-order valence-corrected chi connectivity index (χ3v) is 3.32. The molecule has 1 aliphatic rings. The summed E-state index contributed by atoms with van der Waals surface area (Å²) in [7, 11) is 0. The normalized spacial score (nSPS) is 17.0. The van der Waals surface area contributed by atoms with Crippen LogP contribution in [0.3, 0.4) is 0 Å². The van der Waals surface area contributed by atoms with E-state index in [2.05, 4.69) is 15.3 Å². The summed E-state index contributed by atoms with van der Waals surface area (Å²) in [6, 6.07) is 3.90. The molecule has 2 rings (SSSR count). The highest BCUT2D eigenvalue weighted by atomic mass is 16.5. The first-order valence-corrected chi connectivity index (χ1v) is 7.62. The highest BCUT2D eigenvalue weighted by Gasteiger charge is 2.16. The first-order valence-electron chi connectivity index (χ1n) is 7.62. The molecule has 116 valence electrons. The Bertz CT molecular complexity index is 470. The van der Waals surface area contributed by atoms with E-state index in [1.54, 1.807) is 6.20 Å². The summed E-state index contributed by atoms with van der Waals surface area (Å²) in [6.07, 6.45) is 6.95. The highest BCUT2D eigenvalue weighted by Crippen LogP contribution is 2.22. The van der Waals surface area contributed by atoms with Crippen LogP contribution in [0.5, 0.6) is 5.88 Å². The second kappa shape index (κ2) is 6.78. The highest BCUT2D eigenvalue weighted by molar-refractivity contribution is 5.78. The number of rotatable bonds is 4. The fraction of sp³-hybridized carbons (Fsp3) is 0.625. The maximum atomic E-state index is 5.84. The van der Waals surface area contributed by atoms with E-state index in [1.807, 2.05) is 32.9 Å². The average Bonchev–Trinajstić information content (AvgIpc) is 2.89. The number of pyridine rings is 1. The molecule has 1 aromatic rings. The van der Waals surface area contributed by atoms with Gasteiger partial charge in [-0.05, 0) is 52.0 Å². The van der Waals surface area contributed by atoms with Crippen molar-refractivity contribution < 1.29 is 4.74 Å². The van der Waals surface area contributed by atoms with Gasteiger partial charge in [-0.25, -0.2) is 9.98 Å². The van der Waals surface area contributed by atoms with Crippen LogP contribution >= 0.6 is 0 Å². The number of aromatic nitrogens is 1. The van der Waals surface area contributed by atoms with Gasteiger partial charge in [0.25, 0.3) is 0 Å². The van der Waals surface area contributed by atoms with Gasteiger partial charge in [0, 0.05) is 17.8 Å². The van der Waals surface area contributed by atoms with E-state index in [1.165, 1.54) is 12.8 Å². The van der Waals surface area contributed by atoms with Crippen molar-refractivity contribution in [2.24, 2.45) is 10.7 Å². The van der Waals surface area contributed by atoms with Gasteiger partial charge in [0.1, 0.15) is 6.10 Å². The Balaban J connectivity index is 1.85. The maximum Gasteiger partial charge on any atom is 0.213 e. The van der Waals surface area contributed by atoms with Crippen molar-refractivity contribution in [3.63, 3.8) is 0 Å². The summed E-state index contributed by atoms with van der Waals surface area (Å²) in [4.78, 5) is 8.66. The zero-order valence-electron chi connectivity index (χ0n) is 13.2. The van der Waals surface area contributed by atoms with Gasteiger partial charge in [-0.2, -0.15) is 0 Å². The van der Waals surface area contributed by atoms with Gasteiger partial charge in [-0.3, -0.25) is 0 Å². The van der Waals surface area contributed by atoms with Crippen molar-refractivity contribution in [1.29, 1.82) is 0 Å². The van der Waals surface area contributed by atoms with Gasteiger partial charge < -0.3 is 15.8 Å². The van der Waals surface area contributed by atoms with E-state index in [4.69, 9.17) is 10.5 Å². The van der Waals surface area contributed by atoms with Gasteiger partial charge in [-0.1, -0.05) is 6.07 Å². The molecule has 5 heteroatoms. The van der Waals surface area contributed by atoms with Crippen molar-refractivity contribution in [1.82, 2.24) is 10.3 Å². The monoisotopic (exact) mass is 290 g/mol. The van der Waals surface area contributed by atoms with E-state index in [0.29, 0.717) is 24.5 Å². The van der Waals surface area contributed by atoms with Crippen molar-refractivity contribution in [2.45, 2.75) is 64.6 Å². The van der Waals surface area contributed by atoms with Crippen molar-refractivity contribution in [3.8, 4) is 5.88 Å². The van der Waals surface area contributed by atoms with Crippen molar-refractivity contribution in [2.75, 3.05) is 0 Å². The number of hydrogen-bond acceptors (Lipinski definition) is 3. The average molecular weight is 290 g/mol. The Kier molecular flexibility index (Phi) is 5.04. The van der Waals surface area contributed by atoms with Gasteiger partial charge in [0.2, 0.25) is 5.88 Å². The smallest absolute Gasteiger partial charge is 0.213 e. The van der Waals surface area contributed by atoms with Gasteiger partial charge in [0.05, 0.1) is 6.54 Å². The molecule has 0 atom stereocenters. The lowest BCUT2D eigenvalue weighted by Gasteiger charge is -2.20. The minimum absolute atomic E-state index is 0.0786. The van der Waals surface area contributed by atoms with E-state index in [-0.39, 0.29) is 5.54 Å². The first-order chi connectivity index (χ1) is 9.92. The van der Waals surface area contributed by atoms with Crippen molar-refractivity contribution >= 4 is 5.96 Å². The van der Waals surface area contributed by atoms with Crippen molar-refractivity contribution in [3.05, 3.63) is 23.9 Å². The first kappa shape index (κ1) is 15.6. The summed E-state index contributed by atoms with van der Waals surface area (Å²) in [5.74, 6) is 1.16. The SMILES string of the molecule is CC(C)(C)NC(N)=NCc1ccc(OC2CCCC2)nc1. The predicted molar refractivity (Wildman–Crippen MR) is 85.3 cm³/mol. The predicted octanol–water partition coefficient (Wildman–Crippen LogP) is 2.61. The molecule has 1 fully saturated rings. The molecule has 1 heterocycles. The van der Waals surface area contributed by atoms with Crippen LogP contribution in [0.15, 0.2) is 23.3 Å². The minimum atomic E-state index is -0.0786. The fourth-order valence-electron chi connectivity index (χ4n) is 2.35. The third kappa shape index (κ3) is 5.61. The summed E-state index contributed by atoms with van der Waals surface area (Å²) in [5.41, 5.74) is 6.78. The van der Waals surface area contributed by atoms with E-state index >= 15 is 0 Å². The summed E-state index contributed by atoms with van der Waals surface area (Å²) < 4.78 is 5.84. The van der Waals surface area contributed by atoms with Crippen LogP contribution in [-0.2, 0) is 6.54 Å². The molecule has 0 aromatic carbocycles. The zero-order valence-corrected chi connectivity index (χ0v) is 13.2. The van der Waals surface area contributed by atoms with Crippen LogP contribution in [0.1, 0.15) is 52.0 Å². The van der Waals surface area contributed by atoms with E-state index < -0.39 is 0 Å². The Hall–Kier alpha value is -1.78. The largest absolute Gasteiger partial charge is 0.474 e. The zero-order chi connectivity index (χ0) is 15.3. The molecule has 21 heavy (non-hydrogen) atoms. The molecular formula is C16H26N4O. The van der Waals surface area contributed by atoms with Gasteiger partial charge >= 0.3 is 0 Å². The number of hydrogen-bond donors (Lipinski definition) is 2. The molecular weight excluding hydrogens is 264 g/mol. The Labute approximate surface area is 127 Å². The lowest BCUT2D eigenvalue weighted by atomic mass is 10.1. The number of guanidine groups is 1. The quantitative estimate of drug-likeness (QED) is 0.660. The van der Waals surface area contributed by atoms with Crippen LogP contribution in [0.4, 0.5) is 0 Å². The summed E-state index contributed by atoms with van der Waals surface area (Å²) >= 11 is 0.